The third kappa shape index (κ3) is 3.42. The third-order valence-corrected chi connectivity index (χ3v) is 4.92. The minimum atomic E-state index is -3.62. The summed E-state index contributed by atoms with van der Waals surface area (Å²) in [6.07, 6.45) is 4.19. The molecule has 0 fully saturated rings. The van der Waals surface area contributed by atoms with Crippen molar-refractivity contribution in [3.63, 3.8) is 0 Å². The lowest BCUT2D eigenvalue weighted by Crippen LogP contribution is -2.01. The lowest BCUT2D eigenvalue weighted by molar-refractivity contribution is 0.571. The molecular formula is C19H13FN2O2S. The molecule has 0 aliphatic carbocycles. The van der Waals surface area contributed by atoms with Crippen molar-refractivity contribution in [2.75, 3.05) is 6.26 Å². The fourth-order valence-electron chi connectivity index (χ4n) is 2.57. The first-order chi connectivity index (χ1) is 11.9. The minimum absolute atomic E-state index is 0.333. The van der Waals surface area contributed by atoms with Gasteiger partial charge in [0.1, 0.15) is 10.7 Å². The Balaban J connectivity index is 2.13. The average molecular weight is 352 g/mol. The maximum Gasteiger partial charge on any atom is 0.178 e. The van der Waals surface area contributed by atoms with Gasteiger partial charge in [0, 0.05) is 24.2 Å². The fourth-order valence-corrected chi connectivity index (χ4v) is 3.30. The van der Waals surface area contributed by atoms with Crippen LogP contribution in [0, 0.1) is 17.1 Å². The van der Waals surface area contributed by atoms with Crippen LogP contribution >= 0.6 is 0 Å². The van der Waals surface area contributed by atoms with E-state index < -0.39 is 15.7 Å². The second-order valence-corrected chi connectivity index (χ2v) is 7.51. The van der Waals surface area contributed by atoms with Gasteiger partial charge in [0.25, 0.3) is 0 Å². The summed E-state index contributed by atoms with van der Waals surface area (Å²) in [5, 5.41) is 8.90. The summed E-state index contributed by atoms with van der Waals surface area (Å²) in [6.45, 7) is 0. The first kappa shape index (κ1) is 16.8. The summed E-state index contributed by atoms with van der Waals surface area (Å²) >= 11 is 0. The van der Waals surface area contributed by atoms with Gasteiger partial charge in [0.05, 0.1) is 11.6 Å². The highest BCUT2D eigenvalue weighted by atomic mass is 32.2. The number of rotatable bonds is 3. The van der Waals surface area contributed by atoms with Crippen LogP contribution in [0.4, 0.5) is 4.39 Å². The van der Waals surface area contributed by atoms with E-state index in [0.29, 0.717) is 16.7 Å². The van der Waals surface area contributed by atoms with Crippen LogP contribution in [0.2, 0.25) is 0 Å². The van der Waals surface area contributed by atoms with Crippen molar-refractivity contribution in [1.29, 1.82) is 5.26 Å². The maximum atomic E-state index is 14.2. The third-order valence-electron chi connectivity index (χ3n) is 3.79. The Hall–Kier alpha value is -3.04. The highest BCUT2D eigenvalue weighted by Crippen LogP contribution is 2.32. The summed E-state index contributed by atoms with van der Waals surface area (Å²) in [5.41, 5.74) is 3.40. The number of sulfone groups is 1. The smallest absolute Gasteiger partial charge is 0.178 e. The number of hydrogen-bond donors (Lipinski definition) is 0. The molecule has 1 aromatic heterocycles. The van der Waals surface area contributed by atoms with Crippen molar-refractivity contribution >= 4 is 9.84 Å². The van der Waals surface area contributed by atoms with E-state index in [1.807, 2.05) is 0 Å². The van der Waals surface area contributed by atoms with Crippen LogP contribution in [-0.2, 0) is 9.84 Å². The van der Waals surface area contributed by atoms with Crippen molar-refractivity contribution < 1.29 is 12.8 Å². The van der Waals surface area contributed by atoms with Crippen molar-refractivity contribution in [1.82, 2.24) is 4.98 Å². The number of nitrogens with zero attached hydrogens (tertiary/aromatic N) is 2. The lowest BCUT2D eigenvalue weighted by atomic mass is 9.96. The molecule has 0 N–H and O–H groups in total. The van der Waals surface area contributed by atoms with E-state index in [4.69, 9.17) is 5.26 Å². The monoisotopic (exact) mass is 352 g/mol. The van der Waals surface area contributed by atoms with E-state index in [9.17, 15) is 12.8 Å². The fraction of sp³-hybridized carbons (Fsp3) is 0.0526. The van der Waals surface area contributed by atoms with Crippen LogP contribution < -0.4 is 0 Å². The molecule has 124 valence electrons. The molecule has 0 saturated heterocycles. The van der Waals surface area contributed by atoms with Crippen LogP contribution in [-0.4, -0.2) is 19.7 Å². The zero-order chi connectivity index (χ0) is 18.0. The molecule has 0 amide bonds. The van der Waals surface area contributed by atoms with Crippen LogP contribution in [0.25, 0.3) is 22.3 Å². The molecule has 0 unspecified atom stereocenters. The van der Waals surface area contributed by atoms with Crippen LogP contribution in [0.1, 0.15) is 5.56 Å². The molecule has 0 bridgehead atoms. The van der Waals surface area contributed by atoms with Gasteiger partial charge in [0.2, 0.25) is 0 Å². The lowest BCUT2D eigenvalue weighted by Gasteiger charge is -2.11. The molecule has 2 aromatic carbocycles. The van der Waals surface area contributed by atoms with E-state index in [2.05, 4.69) is 11.1 Å². The molecule has 25 heavy (non-hydrogen) atoms. The SMILES string of the molecule is CS(=O)(=O)c1ccc(-c2cnccc2-c2ccc(C#N)cc2)cc1F. The molecule has 0 spiro atoms. The van der Waals surface area contributed by atoms with Gasteiger partial charge in [-0.2, -0.15) is 5.26 Å². The van der Waals surface area contributed by atoms with E-state index in [1.165, 1.54) is 12.1 Å². The second-order valence-electron chi connectivity index (χ2n) is 5.53. The van der Waals surface area contributed by atoms with Gasteiger partial charge in [0.15, 0.2) is 9.84 Å². The van der Waals surface area contributed by atoms with Crippen molar-refractivity contribution in [3.05, 3.63) is 72.3 Å². The number of aromatic nitrogens is 1. The quantitative estimate of drug-likeness (QED) is 0.718. The zero-order valence-electron chi connectivity index (χ0n) is 13.3. The highest BCUT2D eigenvalue weighted by Gasteiger charge is 2.16. The Labute approximate surface area is 145 Å². The first-order valence-electron chi connectivity index (χ1n) is 7.34. The molecule has 0 saturated carbocycles. The first-order valence-corrected chi connectivity index (χ1v) is 9.24. The molecule has 3 rings (SSSR count). The summed E-state index contributed by atoms with van der Waals surface area (Å²) in [6, 6.07) is 14.9. The normalized spacial score (nSPS) is 11.1. The number of benzene rings is 2. The number of nitriles is 1. The Morgan fingerprint density at radius 3 is 2.28 bits per heavy atom. The van der Waals surface area contributed by atoms with Crippen molar-refractivity contribution in [2.24, 2.45) is 0 Å². The number of hydrogen-bond acceptors (Lipinski definition) is 4. The summed E-state index contributed by atoms with van der Waals surface area (Å²) in [7, 11) is -3.62. The van der Waals surface area contributed by atoms with Crippen LogP contribution in [0.15, 0.2) is 65.8 Å². The molecule has 0 atom stereocenters. The van der Waals surface area contributed by atoms with Gasteiger partial charge in [-0.3, -0.25) is 4.98 Å². The van der Waals surface area contributed by atoms with Gasteiger partial charge in [-0.25, -0.2) is 12.8 Å². The predicted octanol–water partition coefficient (Wildman–Crippen LogP) is 3.83. The molecule has 4 nitrogen and oxygen atoms in total. The topological polar surface area (TPSA) is 70.8 Å². The number of halogens is 1. The van der Waals surface area contributed by atoms with Gasteiger partial charge < -0.3 is 0 Å². The van der Waals surface area contributed by atoms with Crippen LogP contribution in [0.3, 0.4) is 0 Å². The Bertz CT molecular complexity index is 1090. The Kier molecular flexibility index (Phi) is 4.34. The van der Waals surface area contributed by atoms with Crippen LogP contribution in [0.5, 0.6) is 0 Å². The molecule has 0 aliphatic heterocycles. The van der Waals surface area contributed by atoms with E-state index >= 15 is 0 Å². The number of pyridine rings is 1. The van der Waals surface area contributed by atoms with E-state index in [0.717, 1.165) is 17.4 Å². The largest absolute Gasteiger partial charge is 0.264 e. The molecule has 0 aliphatic rings. The molecule has 1 heterocycles. The molecule has 0 radical (unpaired) electrons. The molecule has 3 aromatic rings. The van der Waals surface area contributed by atoms with Gasteiger partial charge in [-0.05, 0) is 47.0 Å². The van der Waals surface area contributed by atoms with Gasteiger partial charge >= 0.3 is 0 Å². The standard InChI is InChI=1S/C19H13FN2O2S/c1-25(23,24)19-7-6-15(10-18(19)20)17-12-22-9-8-16(17)14-4-2-13(11-21)3-5-14/h2-10,12H,1H3. The van der Waals surface area contributed by atoms with Crippen molar-refractivity contribution in [2.45, 2.75) is 4.90 Å². The van der Waals surface area contributed by atoms with Gasteiger partial charge in [-0.15, -0.1) is 0 Å². The second kappa shape index (κ2) is 6.46. The van der Waals surface area contributed by atoms with E-state index in [-0.39, 0.29) is 4.90 Å². The van der Waals surface area contributed by atoms with E-state index in [1.54, 1.807) is 48.8 Å². The maximum absolute atomic E-state index is 14.2. The summed E-state index contributed by atoms with van der Waals surface area (Å²) in [5.74, 6) is -0.797. The average Bonchev–Trinajstić information content (AvgIpc) is 2.60. The predicted molar refractivity (Wildman–Crippen MR) is 92.9 cm³/mol. The summed E-state index contributed by atoms with van der Waals surface area (Å²) < 4.78 is 37.4. The molecular weight excluding hydrogens is 339 g/mol. The summed E-state index contributed by atoms with van der Waals surface area (Å²) in [4.78, 5) is 3.76. The zero-order valence-corrected chi connectivity index (χ0v) is 14.1. The van der Waals surface area contributed by atoms with Gasteiger partial charge in [-0.1, -0.05) is 18.2 Å². The minimum Gasteiger partial charge on any atom is -0.264 e. The Morgan fingerprint density at radius 2 is 1.68 bits per heavy atom. The van der Waals surface area contributed by atoms with Crippen molar-refractivity contribution in [3.8, 4) is 28.3 Å². The Morgan fingerprint density at radius 1 is 1.00 bits per heavy atom. The molecule has 6 heteroatoms. The highest BCUT2D eigenvalue weighted by molar-refractivity contribution is 7.90.